The van der Waals surface area contributed by atoms with Crippen molar-refractivity contribution in [2.75, 3.05) is 20.8 Å². The lowest BCUT2D eigenvalue weighted by Crippen LogP contribution is -2.31. The highest BCUT2D eigenvalue weighted by atomic mass is 28.2. The van der Waals surface area contributed by atoms with Crippen molar-refractivity contribution in [1.29, 1.82) is 0 Å². The van der Waals surface area contributed by atoms with Crippen LogP contribution in [-0.4, -0.2) is 37.1 Å². The first-order chi connectivity index (χ1) is 5.74. The minimum Gasteiger partial charge on any atom is -0.428 e. The van der Waals surface area contributed by atoms with Gasteiger partial charge in [0, 0.05) is 27.2 Å². The highest BCUT2D eigenvalue weighted by Crippen LogP contribution is 2.19. The summed E-state index contributed by atoms with van der Waals surface area (Å²) in [5.74, 6) is -0.625. The molecule has 4 heteroatoms. The zero-order chi connectivity index (χ0) is 9.45. The van der Waals surface area contributed by atoms with E-state index < -0.39 is 5.79 Å². The van der Waals surface area contributed by atoms with Gasteiger partial charge in [0.25, 0.3) is 0 Å². The lowest BCUT2D eigenvalue weighted by Gasteiger charge is -2.26. The summed E-state index contributed by atoms with van der Waals surface area (Å²) in [5.41, 5.74) is 0. The molecule has 0 radical (unpaired) electrons. The predicted molar refractivity (Wildman–Crippen MR) is 52.1 cm³/mol. The van der Waals surface area contributed by atoms with Crippen LogP contribution in [0.25, 0.3) is 0 Å². The van der Waals surface area contributed by atoms with Gasteiger partial charge >= 0.3 is 0 Å². The van der Waals surface area contributed by atoms with Gasteiger partial charge in [-0.05, 0) is 12.5 Å². The highest BCUT2D eigenvalue weighted by Gasteiger charge is 2.24. The Morgan fingerprint density at radius 3 is 2.33 bits per heavy atom. The van der Waals surface area contributed by atoms with Crippen molar-refractivity contribution in [3.8, 4) is 0 Å². The minimum absolute atomic E-state index is 0.625. The molecule has 3 nitrogen and oxygen atoms in total. The fourth-order valence-corrected chi connectivity index (χ4v) is 1.31. The van der Waals surface area contributed by atoms with Gasteiger partial charge in [-0.3, -0.25) is 0 Å². The van der Waals surface area contributed by atoms with Crippen molar-refractivity contribution in [1.82, 2.24) is 0 Å². The number of hydrogen-bond acceptors (Lipinski definition) is 3. The number of ether oxygens (including phenoxy) is 2. The first kappa shape index (κ1) is 11.8. The Morgan fingerprint density at radius 1 is 1.42 bits per heavy atom. The average Bonchev–Trinajstić information content (AvgIpc) is 2.14. The fraction of sp³-hybridized carbons (Fsp3) is 0.750. The van der Waals surface area contributed by atoms with Gasteiger partial charge in [0.15, 0.2) is 5.79 Å². The summed E-state index contributed by atoms with van der Waals surface area (Å²) in [7, 11) is 4.02. The van der Waals surface area contributed by atoms with E-state index in [1.807, 2.05) is 0 Å². The fourth-order valence-electron chi connectivity index (χ4n) is 1.02. The van der Waals surface area contributed by atoms with Crippen molar-refractivity contribution in [2.45, 2.75) is 18.6 Å². The summed E-state index contributed by atoms with van der Waals surface area (Å²) in [4.78, 5) is 0. The molecule has 0 heterocycles. The normalized spacial score (nSPS) is 11.8. The molecular weight excluding hydrogens is 172 g/mol. The summed E-state index contributed by atoms with van der Waals surface area (Å²) < 4.78 is 15.5. The topological polar surface area (TPSA) is 27.7 Å². The first-order valence-electron chi connectivity index (χ1n) is 3.97. The lowest BCUT2D eigenvalue weighted by molar-refractivity contribution is -0.175. The molecule has 0 atom stereocenters. The second-order valence-corrected chi connectivity index (χ2v) is 3.10. The van der Waals surface area contributed by atoms with E-state index >= 15 is 0 Å². The molecule has 0 N–H and O–H groups in total. The molecule has 0 unspecified atom stereocenters. The van der Waals surface area contributed by atoms with E-state index in [-0.39, 0.29) is 0 Å². The second kappa shape index (κ2) is 6.36. The van der Waals surface area contributed by atoms with Gasteiger partial charge in [-0.2, -0.15) is 0 Å². The Hall–Kier alpha value is -0.163. The first-order valence-corrected chi connectivity index (χ1v) is 4.79. The summed E-state index contributed by atoms with van der Waals surface area (Å²) in [6.07, 6.45) is 3.39. The van der Waals surface area contributed by atoms with E-state index in [1.54, 1.807) is 20.3 Å². The molecule has 0 aromatic carbocycles. The molecule has 0 aliphatic heterocycles. The Balaban J connectivity index is 3.84. The third kappa shape index (κ3) is 3.49. The molecule has 0 aliphatic carbocycles. The van der Waals surface area contributed by atoms with E-state index in [0.717, 1.165) is 29.9 Å². The third-order valence-corrected chi connectivity index (χ3v) is 2.28. The maximum Gasteiger partial charge on any atom is 0.186 e. The average molecular weight is 190 g/mol. The molecule has 0 saturated heterocycles. The van der Waals surface area contributed by atoms with E-state index in [4.69, 9.17) is 13.9 Å². The van der Waals surface area contributed by atoms with Crippen LogP contribution in [0.5, 0.6) is 0 Å². The van der Waals surface area contributed by atoms with Gasteiger partial charge in [0.2, 0.25) is 0 Å². The van der Waals surface area contributed by atoms with E-state index in [2.05, 4.69) is 6.58 Å². The molecular formula is C8H18O3Si. The molecule has 0 amide bonds. The lowest BCUT2D eigenvalue weighted by atomic mass is 10.1. The van der Waals surface area contributed by atoms with Crippen molar-refractivity contribution in [2.24, 2.45) is 0 Å². The second-order valence-electron chi connectivity index (χ2n) is 2.52. The monoisotopic (exact) mass is 190 g/mol. The quantitative estimate of drug-likeness (QED) is 0.249. The van der Waals surface area contributed by atoms with Gasteiger partial charge in [-0.15, -0.1) is 0 Å². The zero-order valence-electron chi connectivity index (χ0n) is 8.13. The van der Waals surface area contributed by atoms with Crippen LogP contribution in [-0.2, 0) is 13.9 Å². The van der Waals surface area contributed by atoms with Crippen LogP contribution in [0, 0.1) is 0 Å². The zero-order valence-corrected chi connectivity index (χ0v) is 10.1. The van der Waals surface area contributed by atoms with E-state index in [0.29, 0.717) is 0 Å². The minimum atomic E-state index is -0.625. The van der Waals surface area contributed by atoms with Crippen LogP contribution in [0.1, 0.15) is 12.8 Å². The van der Waals surface area contributed by atoms with Crippen LogP contribution in [0.2, 0.25) is 0 Å². The largest absolute Gasteiger partial charge is 0.428 e. The van der Waals surface area contributed by atoms with Crippen LogP contribution in [0.4, 0.5) is 0 Å². The highest BCUT2D eigenvalue weighted by molar-refractivity contribution is 5.97. The van der Waals surface area contributed by atoms with Crippen LogP contribution >= 0.6 is 0 Å². The number of methoxy groups -OCH3 is 2. The van der Waals surface area contributed by atoms with E-state index in [1.165, 1.54) is 0 Å². The van der Waals surface area contributed by atoms with E-state index in [9.17, 15) is 0 Å². The number of rotatable bonds is 7. The molecule has 0 fully saturated rings. The smallest absolute Gasteiger partial charge is 0.186 e. The standard InChI is InChI=1S/C8H18O3Si/c1-4-8(9-2,10-3)6-5-7-11-12/h4H,1,5-7H2,2-3,12H3. The van der Waals surface area contributed by atoms with Gasteiger partial charge in [-0.25, -0.2) is 0 Å². The molecule has 0 aromatic heterocycles. The Bertz CT molecular complexity index is 123. The third-order valence-electron chi connectivity index (χ3n) is 1.88. The Labute approximate surface area is 77.2 Å². The molecule has 72 valence electrons. The Kier molecular flexibility index (Phi) is 6.28. The molecule has 0 bridgehead atoms. The molecule has 0 saturated carbocycles. The Morgan fingerprint density at radius 2 is 2.00 bits per heavy atom. The predicted octanol–water partition coefficient (Wildman–Crippen LogP) is 0.239. The molecule has 12 heavy (non-hydrogen) atoms. The van der Waals surface area contributed by atoms with Crippen LogP contribution in [0.15, 0.2) is 12.7 Å². The van der Waals surface area contributed by atoms with Gasteiger partial charge in [0.05, 0.1) is 0 Å². The summed E-state index contributed by atoms with van der Waals surface area (Å²) in [5, 5.41) is 0. The molecule has 0 aromatic rings. The van der Waals surface area contributed by atoms with Crippen molar-refractivity contribution in [3.05, 3.63) is 12.7 Å². The summed E-state index contributed by atoms with van der Waals surface area (Å²) in [6, 6.07) is 0. The maximum atomic E-state index is 5.20. The van der Waals surface area contributed by atoms with Crippen molar-refractivity contribution < 1.29 is 13.9 Å². The maximum absolute atomic E-state index is 5.20. The SMILES string of the molecule is C=CC(CCCO[SiH3])(OC)OC. The van der Waals surface area contributed by atoms with Gasteiger partial charge in [-0.1, -0.05) is 6.58 Å². The molecule has 0 spiro atoms. The molecule has 0 aliphatic rings. The van der Waals surface area contributed by atoms with Crippen molar-refractivity contribution in [3.63, 3.8) is 0 Å². The van der Waals surface area contributed by atoms with Gasteiger partial charge < -0.3 is 13.9 Å². The summed E-state index contributed by atoms with van der Waals surface area (Å²) >= 11 is 0. The van der Waals surface area contributed by atoms with Gasteiger partial charge in [0.1, 0.15) is 10.5 Å². The molecule has 0 rings (SSSR count). The van der Waals surface area contributed by atoms with Crippen LogP contribution in [0.3, 0.4) is 0 Å². The number of hydrogen-bond donors (Lipinski definition) is 0. The van der Waals surface area contributed by atoms with Crippen molar-refractivity contribution >= 4 is 10.5 Å². The summed E-state index contributed by atoms with van der Waals surface area (Å²) in [6.45, 7) is 4.44. The van der Waals surface area contributed by atoms with Crippen LogP contribution < -0.4 is 0 Å².